The topological polar surface area (TPSA) is 20.3 Å². The maximum absolute atomic E-state index is 11.1. The Labute approximate surface area is 63.6 Å². The first-order valence-electron chi connectivity index (χ1n) is 3.15. The summed E-state index contributed by atoms with van der Waals surface area (Å²) in [7, 11) is 0. The standard InChI is InChI=1S/C7H7NOS/c1-2-5-6(9)8-3-4-10-7(5)8/h2-4,7H,1H3/t7-/m0/s1. The minimum Gasteiger partial charge on any atom is -0.298 e. The van der Waals surface area contributed by atoms with E-state index in [1.54, 1.807) is 16.7 Å². The van der Waals surface area contributed by atoms with Crippen LogP contribution in [0.25, 0.3) is 0 Å². The number of fused-ring (bicyclic) bond motifs is 1. The van der Waals surface area contributed by atoms with E-state index in [9.17, 15) is 4.79 Å². The number of nitrogens with zero attached hydrogens (tertiary/aromatic N) is 1. The molecule has 1 fully saturated rings. The van der Waals surface area contributed by atoms with Gasteiger partial charge in [0.2, 0.25) is 0 Å². The summed E-state index contributed by atoms with van der Waals surface area (Å²) < 4.78 is 0. The molecule has 0 aromatic heterocycles. The van der Waals surface area contributed by atoms with Crippen LogP contribution in [0.4, 0.5) is 0 Å². The molecule has 0 saturated carbocycles. The predicted molar refractivity (Wildman–Crippen MR) is 41.1 cm³/mol. The number of amides is 1. The average Bonchev–Trinajstić information content (AvgIpc) is 2.33. The molecule has 0 aromatic carbocycles. The lowest BCUT2D eigenvalue weighted by Gasteiger charge is -2.35. The summed E-state index contributed by atoms with van der Waals surface area (Å²) in [5, 5.41) is 2.26. The van der Waals surface area contributed by atoms with Crippen molar-refractivity contribution in [1.82, 2.24) is 4.90 Å². The van der Waals surface area contributed by atoms with Crippen LogP contribution in [0.2, 0.25) is 0 Å². The molecule has 2 rings (SSSR count). The second-order valence-electron chi connectivity index (χ2n) is 2.23. The van der Waals surface area contributed by atoms with Crippen LogP contribution in [0.1, 0.15) is 6.92 Å². The van der Waals surface area contributed by atoms with Crippen molar-refractivity contribution in [2.45, 2.75) is 12.3 Å². The lowest BCUT2D eigenvalue weighted by Crippen LogP contribution is -2.47. The first-order valence-corrected chi connectivity index (χ1v) is 4.10. The molecule has 2 heterocycles. The van der Waals surface area contributed by atoms with E-state index in [0.717, 1.165) is 5.57 Å². The zero-order valence-electron chi connectivity index (χ0n) is 5.57. The molecule has 0 N–H and O–H groups in total. The van der Waals surface area contributed by atoms with Gasteiger partial charge in [0, 0.05) is 11.8 Å². The van der Waals surface area contributed by atoms with E-state index in [1.165, 1.54) is 0 Å². The van der Waals surface area contributed by atoms with Crippen molar-refractivity contribution in [3.8, 4) is 0 Å². The molecule has 1 saturated heterocycles. The molecule has 0 spiro atoms. The number of carbonyl (C=O) groups is 1. The molecular weight excluding hydrogens is 146 g/mol. The number of hydrogen-bond acceptors (Lipinski definition) is 2. The fourth-order valence-corrected chi connectivity index (χ4v) is 2.20. The molecule has 0 bridgehead atoms. The molecule has 2 aliphatic heterocycles. The maximum Gasteiger partial charge on any atom is 0.257 e. The number of thioether (sulfide) groups is 1. The summed E-state index contributed by atoms with van der Waals surface area (Å²) in [6, 6.07) is 0. The molecule has 3 heteroatoms. The molecule has 10 heavy (non-hydrogen) atoms. The number of allylic oxidation sites excluding steroid dienone is 1. The van der Waals surface area contributed by atoms with Crippen molar-refractivity contribution in [2.75, 3.05) is 0 Å². The number of rotatable bonds is 0. The second kappa shape index (κ2) is 1.89. The molecule has 2 aliphatic rings. The quantitative estimate of drug-likeness (QED) is 0.386. The molecule has 0 unspecified atom stereocenters. The van der Waals surface area contributed by atoms with Gasteiger partial charge in [0.25, 0.3) is 5.91 Å². The Kier molecular flexibility index (Phi) is 1.14. The third-order valence-corrected chi connectivity index (χ3v) is 2.76. The van der Waals surface area contributed by atoms with Crippen molar-refractivity contribution in [3.05, 3.63) is 23.3 Å². The van der Waals surface area contributed by atoms with Crippen LogP contribution in [-0.4, -0.2) is 16.2 Å². The van der Waals surface area contributed by atoms with Gasteiger partial charge in [-0.2, -0.15) is 0 Å². The largest absolute Gasteiger partial charge is 0.298 e. The van der Waals surface area contributed by atoms with Crippen molar-refractivity contribution in [1.29, 1.82) is 0 Å². The smallest absolute Gasteiger partial charge is 0.257 e. The van der Waals surface area contributed by atoms with E-state index in [0.29, 0.717) is 5.37 Å². The van der Waals surface area contributed by atoms with E-state index in [4.69, 9.17) is 0 Å². The third kappa shape index (κ3) is 0.534. The van der Waals surface area contributed by atoms with Crippen LogP contribution in [0, 0.1) is 0 Å². The lowest BCUT2D eigenvalue weighted by molar-refractivity contribution is -0.130. The fraction of sp³-hybridized carbons (Fsp3) is 0.286. The maximum atomic E-state index is 11.1. The predicted octanol–water partition coefficient (Wildman–Crippen LogP) is 1.32. The van der Waals surface area contributed by atoms with Crippen LogP contribution < -0.4 is 0 Å². The van der Waals surface area contributed by atoms with Gasteiger partial charge in [-0.15, -0.1) is 11.8 Å². The van der Waals surface area contributed by atoms with Crippen molar-refractivity contribution < 1.29 is 4.79 Å². The Morgan fingerprint density at radius 3 is 3.30 bits per heavy atom. The summed E-state index contributed by atoms with van der Waals surface area (Å²) in [6.45, 7) is 1.91. The zero-order chi connectivity index (χ0) is 7.14. The van der Waals surface area contributed by atoms with Gasteiger partial charge in [-0.25, -0.2) is 0 Å². The number of carbonyl (C=O) groups excluding carboxylic acids is 1. The second-order valence-corrected chi connectivity index (χ2v) is 3.22. The van der Waals surface area contributed by atoms with Crippen LogP contribution in [0.3, 0.4) is 0 Å². The SMILES string of the molecule is CC=C1C(=O)N2C=CS[C@@H]12. The van der Waals surface area contributed by atoms with Gasteiger partial charge in [-0.3, -0.25) is 9.69 Å². The Hall–Kier alpha value is -0.700. The highest BCUT2D eigenvalue weighted by atomic mass is 32.2. The van der Waals surface area contributed by atoms with Crippen LogP contribution in [0.15, 0.2) is 23.3 Å². The molecule has 52 valence electrons. The van der Waals surface area contributed by atoms with E-state index >= 15 is 0 Å². The lowest BCUT2D eigenvalue weighted by atomic mass is 10.1. The minimum absolute atomic E-state index is 0.161. The van der Waals surface area contributed by atoms with Crippen molar-refractivity contribution in [3.63, 3.8) is 0 Å². The van der Waals surface area contributed by atoms with Crippen molar-refractivity contribution in [2.24, 2.45) is 0 Å². The average molecular weight is 153 g/mol. The van der Waals surface area contributed by atoms with Gasteiger partial charge in [0.15, 0.2) is 0 Å². The highest BCUT2D eigenvalue weighted by Crippen LogP contribution is 2.39. The minimum atomic E-state index is 0.161. The summed E-state index contributed by atoms with van der Waals surface area (Å²) in [5.74, 6) is 0.161. The van der Waals surface area contributed by atoms with E-state index < -0.39 is 0 Å². The Bertz CT molecular complexity index is 244. The van der Waals surface area contributed by atoms with Gasteiger partial charge >= 0.3 is 0 Å². The van der Waals surface area contributed by atoms with Gasteiger partial charge in [-0.05, 0) is 12.3 Å². The number of β-lactam (4-membered cyclic amide) rings is 1. The van der Waals surface area contributed by atoms with E-state index in [-0.39, 0.29) is 5.91 Å². The monoisotopic (exact) mass is 153 g/mol. The molecular formula is C7H7NOS. The Morgan fingerprint density at radius 2 is 2.60 bits per heavy atom. The van der Waals surface area contributed by atoms with Gasteiger partial charge < -0.3 is 0 Å². The molecule has 0 aromatic rings. The highest BCUT2D eigenvalue weighted by Gasteiger charge is 2.42. The first kappa shape index (κ1) is 6.04. The highest BCUT2D eigenvalue weighted by molar-refractivity contribution is 8.03. The Morgan fingerprint density at radius 1 is 1.80 bits per heavy atom. The Balaban J connectivity index is 2.28. The molecule has 0 radical (unpaired) electrons. The van der Waals surface area contributed by atoms with Crippen LogP contribution in [-0.2, 0) is 4.79 Å². The summed E-state index contributed by atoms with van der Waals surface area (Å²) in [5.41, 5.74) is 0.940. The van der Waals surface area contributed by atoms with Crippen LogP contribution >= 0.6 is 11.8 Å². The summed E-state index contributed by atoms with van der Waals surface area (Å²) in [4.78, 5) is 12.8. The van der Waals surface area contributed by atoms with Gasteiger partial charge in [0.1, 0.15) is 5.37 Å². The molecule has 1 atom stereocenters. The van der Waals surface area contributed by atoms with Gasteiger partial charge in [0.05, 0.1) is 0 Å². The third-order valence-electron chi connectivity index (χ3n) is 1.74. The van der Waals surface area contributed by atoms with Crippen LogP contribution in [0.5, 0.6) is 0 Å². The molecule has 0 aliphatic carbocycles. The number of hydrogen-bond donors (Lipinski definition) is 0. The van der Waals surface area contributed by atoms with Crippen molar-refractivity contribution >= 4 is 17.7 Å². The fourth-order valence-electron chi connectivity index (χ4n) is 1.17. The van der Waals surface area contributed by atoms with E-state index in [2.05, 4.69) is 0 Å². The molecule has 1 amide bonds. The van der Waals surface area contributed by atoms with Gasteiger partial charge in [-0.1, -0.05) is 6.08 Å². The molecule has 2 nitrogen and oxygen atoms in total. The van der Waals surface area contributed by atoms with E-state index in [1.807, 2.05) is 24.6 Å². The normalized spacial score (nSPS) is 32.9. The zero-order valence-corrected chi connectivity index (χ0v) is 6.39. The first-order chi connectivity index (χ1) is 4.84. The summed E-state index contributed by atoms with van der Waals surface area (Å²) in [6.07, 6.45) is 3.73. The summed E-state index contributed by atoms with van der Waals surface area (Å²) >= 11 is 1.68.